The van der Waals surface area contributed by atoms with Crippen molar-refractivity contribution in [1.82, 2.24) is 10.6 Å². The Morgan fingerprint density at radius 1 is 0.961 bits per heavy atom. The van der Waals surface area contributed by atoms with Crippen LogP contribution in [0.15, 0.2) is 36.4 Å². The van der Waals surface area contributed by atoms with E-state index in [-0.39, 0.29) is 18.8 Å². The molecule has 51 heavy (non-hydrogen) atoms. The Kier molecular flexibility index (Phi) is 22.0. The number of amides is 3. The number of aliphatic hydroxyl groups is 1. The number of rotatable bonds is 27. The van der Waals surface area contributed by atoms with E-state index < -0.39 is 60.2 Å². The van der Waals surface area contributed by atoms with E-state index in [0.717, 1.165) is 52.1 Å². The molecule has 0 aliphatic carbocycles. The number of carbonyl (C=O) groups is 6. The van der Waals surface area contributed by atoms with Crippen molar-refractivity contribution >= 4 is 35.4 Å². The van der Waals surface area contributed by atoms with E-state index in [4.69, 9.17) is 15.2 Å². The summed E-state index contributed by atoms with van der Waals surface area (Å²) < 4.78 is 10.4. The molecule has 6 N–H and O–H groups in total. The summed E-state index contributed by atoms with van der Waals surface area (Å²) in [4.78, 5) is 74.7. The van der Waals surface area contributed by atoms with E-state index in [9.17, 15) is 39.0 Å². The first kappa shape index (κ1) is 44.3. The average molecular weight is 714 g/mol. The van der Waals surface area contributed by atoms with Crippen LogP contribution in [0.25, 0.3) is 0 Å². The molecule has 282 valence electrons. The number of methoxy groups -OCH3 is 1. The summed E-state index contributed by atoms with van der Waals surface area (Å²) >= 11 is 0. The fourth-order valence-corrected chi connectivity index (χ4v) is 5.24. The average Bonchev–Trinajstić information content (AvgIpc) is 3.09. The molecule has 1 aromatic carbocycles. The second kappa shape index (κ2) is 25.3. The van der Waals surface area contributed by atoms with E-state index >= 15 is 0 Å². The van der Waals surface area contributed by atoms with Gasteiger partial charge in [0.1, 0.15) is 24.2 Å². The van der Waals surface area contributed by atoms with Crippen LogP contribution in [0.5, 0.6) is 5.75 Å². The third kappa shape index (κ3) is 18.2. The summed E-state index contributed by atoms with van der Waals surface area (Å²) in [6, 6.07) is 5.40. The van der Waals surface area contributed by atoms with Crippen molar-refractivity contribution in [2.75, 3.05) is 20.3 Å². The topological polar surface area (TPSA) is 211 Å². The predicted molar refractivity (Wildman–Crippen MR) is 191 cm³/mol. The minimum absolute atomic E-state index is 0.0458. The zero-order valence-corrected chi connectivity index (χ0v) is 30.2. The quantitative estimate of drug-likeness (QED) is 0.0387. The first-order valence-corrected chi connectivity index (χ1v) is 17.6. The largest absolute Gasteiger partial charge is 0.481 e. The van der Waals surface area contributed by atoms with Gasteiger partial charge in [0, 0.05) is 19.3 Å². The van der Waals surface area contributed by atoms with Gasteiger partial charge in [0.05, 0.1) is 26.0 Å². The van der Waals surface area contributed by atoms with Crippen LogP contribution in [-0.4, -0.2) is 77.6 Å². The fourth-order valence-electron chi connectivity index (χ4n) is 5.24. The van der Waals surface area contributed by atoms with Gasteiger partial charge in [0.15, 0.2) is 5.60 Å². The first-order chi connectivity index (χ1) is 24.4. The molecule has 3 atom stereocenters. The highest BCUT2D eigenvalue weighted by Gasteiger charge is 2.49. The van der Waals surface area contributed by atoms with Crippen LogP contribution in [-0.2, 0) is 39.9 Å². The van der Waals surface area contributed by atoms with Crippen LogP contribution in [0, 0.1) is 17.8 Å². The van der Waals surface area contributed by atoms with Crippen LogP contribution in [0.1, 0.15) is 103 Å². The van der Waals surface area contributed by atoms with Crippen LogP contribution >= 0.6 is 0 Å². The Morgan fingerprint density at radius 2 is 1.59 bits per heavy atom. The molecule has 0 fully saturated rings. The Morgan fingerprint density at radius 3 is 2.16 bits per heavy atom. The van der Waals surface area contributed by atoms with Gasteiger partial charge >= 0.3 is 11.9 Å². The summed E-state index contributed by atoms with van der Waals surface area (Å²) in [5.41, 5.74) is 2.71. The molecule has 3 amide bonds. The first-order valence-electron chi connectivity index (χ1n) is 17.6. The Hall–Kier alpha value is -4.70. The Balaban J connectivity index is 3.04. The Labute approximate surface area is 301 Å². The van der Waals surface area contributed by atoms with Crippen LogP contribution in [0.2, 0.25) is 0 Å². The molecule has 0 saturated carbocycles. The number of unbranched alkanes of at least 4 members (excludes halogenated alkanes) is 8. The molecule has 0 spiro atoms. The normalized spacial score (nSPS) is 13.2. The van der Waals surface area contributed by atoms with Crippen LogP contribution < -0.4 is 21.1 Å². The maximum atomic E-state index is 13.7. The van der Waals surface area contributed by atoms with Gasteiger partial charge in [0.2, 0.25) is 17.7 Å². The number of hydrogen-bond acceptors (Lipinski definition) is 9. The SMILES string of the molecule is CC#CCOc1ccc(C[C@H](NC(=O)[C@@H](/C=C/CCCCCCC(=O)CCCCCCC)[C@@](O)(CC(=O)NCC(N)=O)C(=O)O)C(=O)OC)cc1. The second-order valence-electron chi connectivity index (χ2n) is 12.4. The number of Topliss-reactive ketones (excluding diaryl/α,β-unsaturated/α-hetero) is 1. The molecule has 1 rings (SSSR count). The van der Waals surface area contributed by atoms with Crippen molar-refractivity contribution < 1.29 is 48.5 Å². The van der Waals surface area contributed by atoms with Gasteiger partial charge in [0.25, 0.3) is 0 Å². The number of ketones is 1. The highest BCUT2D eigenvalue weighted by molar-refractivity contribution is 5.96. The lowest BCUT2D eigenvalue weighted by molar-refractivity contribution is -0.169. The number of ether oxygens (including phenoxy) is 2. The monoisotopic (exact) mass is 713 g/mol. The molecular weight excluding hydrogens is 658 g/mol. The smallest absolute Gasteiger partial charge is 0.337 e. The molecule has 0 aliphatic rings. The van der Waals surface area contributed by atoms with Gasteiger partial charge in [-0.15, -0.1) is 5.92 Å². The summed E-state index contributed by atoms with van der Waals surface area (Å²) in [7, 11) is 1.13. The maximum Gasteiger partial charge on any atom is 0.337 e. The molecule has 0 aliphatic heterocycles. The summed E-state index contributed by atoms with van der Waals surface area (Å²) in [6.07, 6.45) is 11.7. The number of allylic oxidation sites excluding steroid dienone is 1. The fraction of sp³-hybridized carbons (Fsp3) is 0.579. The van der Waals surface area contributed by atoms with Crippen molar-refractivity contribution in [3.63, 3.8) is 0 Å². The zero-order chi connectivity index (χ0) is 38.1. The second-order valence-corrected chi connectivity index (χ2v) is 12.4. The molecule has 13 heteroatoms. The van der Waals surface area contributed by atoms with Gasteiger partial charge in [-0.1, -0.05) is 75.7 Å². The molecule has 0 radical (unpaired) electrons. The van der Waals surface area contributed by atoms with Gasteiger partial charge in [-0.25, -0.2) is 9.59 Å². The molecule has 1 aromatic rings. The van der Waals surface area contributed by atoms with Crippen LogP contribution in [0.4, 0.5) is 0 Å². The van der Waals surface area contributed by atoms with Crippen molar-refractivity contribution in [2.45, 2.75) is 115 Å². The molecule has 0 aromatic heterocycles. The third-order valence-corrected chi connectivity index (χ3v) is 8.17. The number of nitrogens with two attached hydrogens (primary N) is 1. The number of primary amides is 1. The number of esters is 1. The van der Waals surface area contributed by atoms with Crippen molar-refractivity contribution in [1.29, 1.82) is 0 Å². The third-order valence-electron chi connectivity index (χ3n) is 8.17. The highest BCUT2D eigenvalue weighted by atomic mass is 16.5. The van der Waals surface area contributed by atoms with E-state index in [2.05, 4.69) is 29.4 Å². The molecule has 13 nitrogen and oxygen atoms in total. The minimum atomic E-state index is -2.96. The van der Waals surface area contributed by atoms with Gasteiger partial charge in [-0.2, -0.15) is 0 Å². The molecule has 0 heterocycles. The number of carboxylic acids is 1. The van der Waals surface area contributed by atoms with Crippen LogP contribution in [0.3, 0.4) is 0 Å². The Bertz CT molecular complexity index is 1370. The standard InChI is InChI=1S/C38H55N3O10/c1-4-6-8-11-14-17-29(42)18-15-12-9-10-13-16-19-31(38(49,37(47)48)26-34(44)40-27-33(39)43)35(45)41-32(36(46)50-3)25-28-20-22-30(23-21-28)51-24-7-5-2/h16,19-23,31-32,49H,4,6,8-15,17-18,24-27H2,1-3H3,(H2,39,43)(H,40,44)(H,41,45)(H,47,48)/b19-16+/t31-,32+,38+/m1/s1. The number of aliphatic carboxylic acids is 1. The number of carbonyl (C=O) groups excluding carboxylic acids is 5. The lowest BCUT2D eigenvalue weighted by Crippen LogP contribution is -2.56. The van der Waals surface area contributed by atoms with Gasteiger partial charge in [-0.05, 0) is 50.3 Å². The van der Waals surface area contributed by atoms with Gasteiger partial charge in [-0.3, -0.25) is 19.2 Å². The van der Waals surface area contributed by atoms with Crippen molar-refractivity contribution in [3.05, 3.63) is 42.0 Å². The molecule has 0 bridgehead atoms. The maximum absolute atomic E-state index is 13.7. The number of hydrogen-bond donors (Lipinski definition) is 5. The van der Waals surface area contributed by atoms with E-state index in [1.54, 1.807) is 31.2 Å². The molecule has 0 unspecified atom stereocenters. The van der Waals surface area contributed by atoms with E-state index in [0.29, 0.717) is 37.0 Å². The number of carboxylic acid groups (broad SMARTS) is 1. The lowest BCUT2D eigenvalue weighted by atomic mass is 9.82. The number of benzene rings is 1. The highest BCUT2D eigenvalue weighted by Crippen LogP contribution is 2.26. The predicted octanol–water partition coefficient (Wildman–Crippen LogP) is 3.54. The summed E-state index contributed by atoms with van der Waals surface area (Å²) in [5, 5.41) is 26.0. The van der Waals surface area contributed by atoms with Gasteiger partial charge < -0.3 is 36.1 Å². The van der Waals surface area contributed by atoms with E-state index in [1.165, 1.54) is 18.6 Å². The van der Waals surface area contributed by atoms with Crippen molar-refractivity contribution in [3.8, 4) is 17.6 Å². The lowest BCUT2D eigenvalue weighted by Gasteiger charge is -2.30. The molecule has 0 saturated heterocycles. The zero-order valence-electron chi connectivity index (χ0n) is 30.2. The summed E-state index contributed by atoms with van der Waals surface area (Å²) in [5.74, 6) is -1.17. The number of nitrogens with one attached hydrogen (secondary N) is 2. The minimum Gasteiger partial charge on any atom is -0.481 e. The van der Waals surface area contributed by atoms with E-state index in [1.807, 2.05) is 0 Å². The molecular formula is C38H55N3O10. The van der Waals surface area contributed by atoms with Crippen molar-refractivity contribution in [2.24, 2.45) is 11.7 Å². The summed E-state index contributed by atoms with van der Waals surface area (Å²) in [6.45, 7) is 3.43.